The SMILES string of the molecule is CCc1ccc(CC2(N)CCCC(C(C)(C)C)CC2)cc1. The molecule has 21 heavy (non-hydrogen) atoms. The van der Waals surface area contributed by atoms with Crippen molar-refractivity contribution in [2.75, 3.05) is 0 Å². The second-order valence-electron chi connectivity index (χ2n) is 8.20. The Bertz CT molecular complexity index is 440. The first-order chi connectivity index (χ1) is 9.82. The summed E-state index contributed by atoms with van der Waals surface area (Å²) in [4.78, 5) is 0. The third-order valence-electron chi connectivity index (χ3n) is 5.43. The molecule has 1 aromatic carbocycles. The summed E-state index contributed by atoms with van der Waals surface area (Å²) < 4.78 is 0. The lowest BCUT2D eigenvalue weighted by Gasteiger charge is -2.31. The van der Waals surface area contributed by atoms with Gasteiger partial charge in [0.2, 0.25) is 0 Å². The maximum absolute atomic E-state index is 6.77. The maximum atomic E-state index is 6.77. The van der Waals surface area contributed by atoms with E-state index in [0.29, 0.717) is 5.41 Å². The molecule has 0 aromatic heterocycles. The van der Waals surface area contributed by atoms with Crippen LogP contribution in [0.2, 0.25) is 0 Å². The predicted molar refractivity (Wildman–Crippen MR) is 92.5 cm³/mol. The fourth-order valence-electron chi connectivity index (χ4n) is 3.77. The van der Waals surface area contributed by atoms with E-state index in [2.05, 4.69) is 52.0 Å². The Morgan fingerprint density at radius 2 is 1.67 bits per heavy atom. The van der Waals surface area contributed by atoms with Gasteiger partial charge >= 0.3 is 0 Å². The number of hydrogen-bond donors (Lipinski definition) is 1. The van der Waals surface area contributed by atoms with Crippen LogP contribution in [0.25, 0.3) is 0 Å². The van der Waals surface area contributed by atoms with Crippen LogP contribution in [0.1, 0.15) is 70.9 Å². The molecule has 1 aromatic rings. The quantitative estimate of drug-likeness (QED) is 0.768. The molecule has 1 aliphatic carbocycles. The molecule has 0 spiro atoms. The lowest BCUT2D eigenvalue weighted by atomic mass is 9.76. The Morgan fingerprint density at radius 1 is 1.05 bits per heavy atom. The Kier molecular flexibility index (Phi) is 5.14. The number of aryl methyl sites for hydroxylation is 1. The van der Waals surface area contributed by atoms with Crippen molar-refractivity contribution in [1.82, 2.24) is 0 Å². The van der Waals surface area contributed by atoms with E-state index < -0.39 is 0 Å². The van der Waals surface area contributed by atoms with Crippen LogP contribution >= 0.6 is 0 Å². The molecular formula is C20H33N. The number of hydrogen-bond acceptors (Lipinski definition) is 1. The van der Waals surface area contributed by atoms with E-state index in [1.165, 1.54) is 43.2 Å². The zero-order valence-electron chi connectivity index (χ0n) is 14.4. The number of benzene rings is 1. The summed E-state index contributed by atoms with van der Waals surface area (Å²) in [6, 6.07) is 9.07. The molecule has 118 valence electrons. The van der Waals surface area contributed by atoms with Crippen LogP contribution in [0.15, 0.2) is 24.3 Å². The van der Waals surface area contributed by atoms with Gasteiger partial charge in [-0.3, -0.25) is 0 Å². The molecule has 2 atom stereocenters. The summed E-state index contributed by atoms with van der Waals surface area (Å²) in [5.74, 6) is 0.824. The van der Waals surface area contributed by atoms with E-state index in [-0.39, 0.29) is 5.54 Å². The van der Waals surface area contributed by atoms with Crippen LogP contribution in [-0.4, -0.2) is 5.54 Å². The summed E-state index contributed by atoms with van der Waals surface area (Å²) in [6.45, 7) is 9.34. The van der Waals surface area contributed by atoms with Gasteiger partial charge in [0.15, 0.2) is 0 Å². The van der Waals surface area contributed by atoms with Gasteiger partial charge in [0, 0.05) is 5.54 Å². The molecule has 0 bridgehead atoms. The molecule has 0 radical (unpaired) electrons. The second kappa shape index (κ2) is 6.52. The van der Waals surface area contributed by atoms with Crippen molar-refractivity contribution >= 4 is 0 Å². The van der Waals surface area contributed by atoms with Crippen LogP contribution in [0.3, 0.4) is 0 Å². The molecule has 0 saturated heterocycles. The second-order valence-corrected chi connectivity index (χ2v) is 8.20. The number of rotatable bonds is 3. The van der Waals surface area contributed by atoms with Crippen LogP contribution in [0.4, 0.5) is 0 Å². The average Bonchev–Trinajstić information content (AvgIpc) is 2.61. The minimum absolute atomic E-state index is 0.00767. The molecule has 1 aliphatic rings. The van der Waals surface area contributed by atoms with Crippen molar-refractivity contribution in [3.05, 3.63) is 35.4 Å². The highest BCUT2D eigenvalue weighted by Crippen LogP contribution is 2.39. The van der Waals surface area contributed by atoms with Crippen LogP contribution in [-0.2, 0) is 12.8 Å². The third kappa shape index (κ3) is 4.57. The van der Waals surface area contributed by atoms with Crippen LogP contribution in [0.5, 0.6) is 0 Å². The van der Waals surface area contributed by atoms with E-state index in [0.717, 1.165) is 18.8 Å². The molecular weight excluding hydrogens is 254 g/mol. The molecule has 1 fully saturated rings. The van der Waals surface area contributed by atoms with Gasteiger partial charge in [-0.1, -0.05) is 58.4 Å². The minimum Gasteiger partial charge on any atom is -0.325 e. The summed E-state index contributed by atoms with van der Waals surface area (Å²) in [5, 5.41) is 0. The molecule has 0 aliphatic heterocycles. The molecule has 1 heteroatoms. The maximum Gasteiger partial charge on any atom is 0.0195 e. The monoisotopic (exact) mass is 287 g/mol. The fourth-order valence-corrected chi connectivity index (χ4v) is 3.77. The summed E-state index contributed by atoms with van der Waals surface area (Å²) >= 11 is 0. The lowest BCUT2D eigenvalue weighted by Crippen LogP contribution is -2.41. The van der Waals surface area contributed by atoms with E-state index >= 15 is 0 Å². The average molecular weight is 287 g/mol. The van der Waals surface area contributed by atoms with Crippen molar-refractivity contribution in [3.8, 4) is 0 Å². The largest absolute Gasteiger partial charge is 0.325 e. The van der Waals surface area contributed by atoms with Gasteiger partial charge in [-0.15, -0.1) is 0 Å². The van der Waals surface area contributed by atoms with Gasteiger partial charge in [-0.05, 0) is 61.0 Å². The normalized spacial score (nSPS) is 27.4. The minimum atomic E-state index is 0.00767. The molecule has 1 nitrogen and oxygen atoms in total. The van der Waals surface area contributed by atoms with Crippen molar-refractivity contribution in [1.29, 1.82) is 0 Å². The highest BCUT2D eigenvalue weighted by atomic mass is 14.7. The fraction of sp³-hybridized carbons (Fsp3) is 0.700. The third-order valence-corrected chi connectivity index (χ3v) is 5.43. The van der Waals surface area contributed by atoms with E-state index in [9.17, 15) is 0 Å². The molecule has 0 heterocycles. The van der Waals surface area contributed by atoms with E-state index in [1.54, 1.807) is 0 Å². The van der Waals surface area contributed by atoms with Crippen LogP contribution < -0.4 is 5.73 Å². The zero-order chi connectivity index (χ0) is 15.5. The predicted octanol–water partition coefficient (Wildman–Crippen LogP) is 5.12. The zero-order valence-corrected chi connectivity index (χ0v) is 14.4. The Labute approximate surface area is 131 Å². The lowest BCUT2D eigenvalue weighted by molar-refractivity contribution is 0.210. The first-order valence-corrected chi connectivity index (χ1v) is 8.69. The van der Waals surface area contributed by atoms with Gasteiger partial charge < -0.3 is 5.73 Å². The summed E-state index contributed by atoms with van der Waals surface area (Å²) in [6.07, 6.45) is 8.41. The highest BCUT2D eigenvalue weighted by Gasteiger charge is 2.33. The summed E-state index contributed by atoms with van der Waals surface area (Å²) in [5.41, 5.74) is 10.0. The van der Waals surface area contributed by atoms with Crippen molar-refractivity contribution in [2.45, 2.75) is 78.2 Å². The molecule has 1 saturated carbocycles. The molecule has 2 N–H and O–H groups in total. The Balaban J connectivity index is 2.01. The molecule has 2 rings (SSSR count). The molecule has 0 amide bonds. The van der Waals surface area contributed by atoms with Gasteiger partial charge in [0.05, 0.1) is 0 Å². The van der Waals surface area contributed by atoms with Gasteiger partial charge in [-0.25, -0.2) is 0 Å². The highest BCUT2D eigenvalue weighted by molar-refractivity contribution is 5.24. The first kappa shape index (κ1) is 16.5. The first-order valence-electron chi connectivity index (χ1n) is 8.69. The standard InChI is InChI=1S/C20H33N/c1-5-16-8-10-17(11-9-16)15-20(21)13-6-7-18(12-14-20)19(2,3)4/h8-11,18H,5-7,12-15,21H2,1-4H3. The topological polar surface area (TPSA) is 26.0 Å². The summed E-state index contributed by atoms with van der Waals surface area (Å²) in [7, 11) is 0. The number of nitrogens with two attached hydrogens (primary N) is 1. The van der Waals surface area contributed by atoms with Crippen molar-refractivity contribution in [2.24, 2.45) is 17.1 Å². The van der Waals surface area contributed by atoms with Crippen LogP contribution in [0, 0.1) is 11.3 Å². The van der Waals surface area contributed by atoms with Gasteiger partial charge in [0.1, 0.15) is 0 Å². The Morgan fingerprint density at radius 3 is 2.24 bits per heavy atom. The van der Waals surface area contributed by atoms with Gasteiger partial charge in [0.25, 0.3) is 0 Å². The Hall–Kier alpha value is -0.820. The van der Waals surface area contributed by atoms with Crippen molar-refractivity contribution < 1.29 is 0 Å². The van der Waals surface area contributed by atoms with E-state index in [4.69, 9.17) is 5.73 Å². The smallest absolute Gasteiger partial charge is 0.0195 e. The molecule has 2 unspecified atom stereocenters. The van der Waals surface area contributed by atoms with Crippen molar-refractivity contribution in [3.63, 3.8) is 0 Å². The van der Waals surface area contributed by atoms with Gasteiger partial charge in [-0.2, -0.15) is 0 Å². The van der Waals surface area contributed by atoms with E-state index in [1.807, 2.05) is 0 Å².